The summed E-state index contributed by atoms with van der Waals surface area (Å²) in [5, 5.41) is 5.78. The van der Waals surface area contributed by atoms with E-state index in [0.29, 0.717) is 6.61 Å². The monoisotopic (exact) mass is 258 g/mol. The fourth-order valence-corrected chi connectivity index (χ4v) is 2.73. The summed E-state index contributed by atoms with van der Waals surface area (Å²) in [6.07, 6.45) is 3.74. The van der Waals surface area contributed by atoms with Gasteiger partial charge in [0.2, 0.25) is 0 Å². The summed E-state index contributed by atoms with van der Waals surface area (Å²) in [5.41, 5.74) is 0.988. The number of aromatic nitrogens is 1. The lowest BCUT2D eigenvalue weighted by Crippen LogP contribution is -2.40. The Balaban J connectivity index is 2.52. The molecule has 2 aromatic rings. The predicted molar refractivity (Wildman–Crippen MR) is 79.2 cm³/mol. The van der Waals surface area contributed by atoms with Crippen LogP contribution in [0.15, 0.2) is 36.7 Å². The van der Waals surface area contributed by atoms with E-state index in [2.05, 4.69) is 48.4 Å². The molecule has 3 heteroatoms. The number of ether oxygens (including phenoxy) is 1. The molecule has 1 heterocycles. The van der Waals surface area contributed by atoms with Gasteiger partial charge in [0.25, 0.3) is 0 Å². The minimum absolute atomic E-state index is 0.138. The Hall–Kier alpha value is -1.45. The van der Waals surface area contributed by atoms with Crippen LogP contribution >= 0.6 is 0 Å². The fourth-order valence-electron chi connectivity index (χ4n) is 2.73. The molecular formula is C16H22N2O. The van der Waals surface area contributed by atoms with Crippen LogP contribution in [0.3, 0.4) is 0 Å². The van der Waals surface area contributed by atoms with Crippen LogP contribution in [0.2, 0.25) is 0 Å². The lowest BCUT2D eigenvalue weighted by atomic mass is 9.89. The van der Waals surface area contributed by atoms with Gasteiger partial charge in [-0.15, -0.1) is 0 Å². The Kier molecular flexibility index (Phi) is 4.17. The zero-order chi connectivity index (χ0) is 13.9. The first kappa shape index (κ1) is 14.0. The SMILES string of the molecule is CCOC(C)(C)C(NC)c1cccc2cnccc12. The van der Waals surface area contributed by atoms with Crippen molar-refractivity contribution in [2.75, 3.05) is 13.7 Å². The average molecular weight is 258 g/mol. The van der Waals surface area contributed by atoms with E-state index in [0.717, 1.165) is 5.39 Å². The molecule has 0 bridgehead atoms. The van der Waals surface area contributed by atoms with Crippen molar-refractivity contribution in [3.8, 4) is 0 Å². The number of nitrogens with zero attached hydrogens (tertiary/aromatic N) is 1. The summed E-state index contributed by atoms with van der Waals surface area (Å²) >= 11 is 0. The van der Waals surface area contributed by atoms with Crippen LogP contribution in [-0.2, 0) is 4.74 Å². The van der Waals surface area contributed by atoms with Crippen LogP contribution in [-0.4, -0.2) is 24.2 Å². The minimum Gasteiger partial charge on any atom is -0.374 e. The molecule has 102 valence electrons. The number of hydrogen-bond donors (Lipinski definition) is 1. The fraction of sp³-hybridized carbons (Fsp3) is 0.438. The second kappa shape index (κ2) is 5.68. The quantitative estimate of drug-likeness (QED) is 0.893. The van der Waals surface area contributed by atoms with Crippen LogP contribution in [0.25, 0.3) is 10.8 Å². The van der Waals surface area contributed by atoms with Crippen molar-refractivity contribution < 1.29 is 4.74 Å². The zero-order valence-corrected chi connectivity index (χ0v) is 12.1. The first-order valence-corrected chi connectivity index (χ1v) is 6.74. The number of hydrogen-bond acceptors (Lipinski definition) is 3. The molecular weight excluding hydrogens is 236 g/mol. The molecule has 0 fully saturated rings. The first-order chi connectivity index (χ1) is 9.10. The van der Waals surface area contributed by atoms with E-state index in [1.807, 2.05) is 26.4 Å². The van der Waals surface area contributed by atoms with Gasteiger partial charge in [0.1, 0.15) is 0 Å². The van der Waals surface area contributed by atoms with E-state index in [1.165, 1.54) is 10.9 Å². The summed E-state index contributed by atoms with van der Waals surface area (Å²) in [6.45, 7) is 6.98. The lowest BCUT2D eigenvalue weighted by molar-refractivity contribution is -0.0371. The van der Waals surface area contributed by atoms with Gasteiger partial charge in [-0.2, -0.15) is 0 Å². The first-order valence-electron chi connectivity index (χ1n) is 6.74. The molecule has 1 aromatic heterocycles. The summed E-state index contributed by atoms with van der Waals surface area (Å²) in [4.78, 5) is 4.19. The Morgan fingerprint density at radius 3 is 2.79 bits per heavy atom. The van der Waals surface area contributed by atoms with Crippen molar-refractivity contribution in [1.82, 2.24) is 10.3 Å². The average Bonchev–Trinajstić information content (AvgIpc) is 2.39. The normalized spacial score (nSPS) is 13.7. The van der Waals surface area contributed by atoms with Crippen LogP contribution in [0.5, 0.6) is 0 Å². The van der Waals surface area contributed by atoms with Crippen molar-refractivity contribution in [2.24, 2.45) is 0 Å². The number of nitrogens with one attached hydrogen (secondary N) is 1. The van der Waals surface area contributed by atoms with Crippen molar-refractivity contribution in [3.05, 3.63) is 42.2 Å². The molecule has 1 N–H and O–H groups in total. The maximum Gasteiger partial charge on any atom is 0.0820 e. The summed E-state index contributed by atoms with van der Waals surface area (Å²) < 4.78 is 5.91. The number of pyridine rings is 1. The highest BCUT2D eigenvalue weighted by Crippen LogP contribution is 2.32. The summed E-state index contributed by atoms with van der Waals surface area (Å²) in [7, 11) is 1.98. The number of benzene rings is 1. The predicted octanol–water partition coefficient (Wildman–Crippen LogP) is 3.31. The van der Waals surface area contributed by atoms with E-state index < -0.39 is 0 Å². The maximum atomic E-state index is 5.91. The third-order valence-corrected chi connectivity index (χ3v) is 3.53. The van der Waals surface area contributed by atoms with Crippen LogP contribution in [0.4, 0.5) is 0 Å². The molecule has 1 atom stereocenters. The molecule has 1 unspecified atom stereocenters. The highest BCUT2D eigenvalue weighted by molar-refractivity contribution is 5.85. The number of rotatable bonds is 5. The third kappa shape index (κ3) is 2.77. The van der Waals surface area contributed by atoms with E-state index >= 15 is 0 Å². The number of fused-ring (bicyclic) bond motifs is 1. The molecule has 0 spiro atoms. The van der Waals surface area contributed by atoms with Crippen molar-refractivity contribution in [1.29, 1.82) is 0 Å². The van der Waals surface area contributed by atoms with E-state index in [9.17, 15) is 0 Å². The van der Waals surface area contributed by atoms with Crippen molar-refractivity contribution >= 4 is 10.8 Å². The van der Waals surface area contributed by atoms with Gasteiger partial charge in [-0.05, 0) is 44.8 Å². The Bertz CT molecular complexity index is 546. The highest BCUT2D eigenvalue weighted by Gasteiger charge is 2.31. The van der Waals surface area contributed by atoms with Crippen LogP contribution in [0, 0.1) is 0 Å². The topological polar surface area (TPSA) is 34.1 Å². The van der Waals surface area contributed by atoms with Crippen LogP contribution in [0.1, 0.15) is 32.4 Å². The molecule has 2 rings (SSSR count). The van der Waals surface area contributed by atoms with E-state index in [4.69, 9.17) is 4.74 Å². The van der Waals surface area contributed by atoms with E-state index in [1.54, 1.807) is 0 Å². The second-order valence-electron chi connectivity index (χ2n) is 5.20. The minimum atomic E-state index is -0.263. The van der Waals surface area contributed by atoms with Crippen molar-refractivity contribution in [3.63, 3.8) is 0 Å². The molecule has 1 aromatic carbocycles. The standard InChI is InChI=1S/C16H22N2O/c1-5-19-16(2,3)15(17-4)14-8-6-7-12-11-18-10-9-13(12)14/h6-11,15,17H,5H2,1-4H3. The molecule has 0 aliphatic carbocycles. The molecule has 0 radical (unpaired) electrons. The lowest BCUT2D eigenvalue weighted by Gasteiger charge is -2.35. The van der Waals surface area contributed by atoms with Gasteiger partial charge < -0.3 is 10.1 Å². The Morgan fingerprint density at radius 1 is 1.32 bits per heavy atom. The molecule has 19 heavy (non-hydrogen) atoms. The van der Waals surface area contributed by atoms with Crippen LogP contribution < -0.4 is 5.32 Å². The van der Waals surface area contributed by atoms with Gasteiger partial charge in [0.15, 0.2) is 0 Å². The summed E-state index contributed by atoms with van der Waals surface area (Å²) in [6, 6.07) is 8.53. The van der Waals surface area contributed by atoms with E-state index in [-0.39, 0.29) is 11.6 Å². The van der Waals surface area contributed by atoms with Gasteiger partial charge in [-0.3, -0.25) is 4.98 Å². The Morgan fingerprint density at radius 2 is 2.11 bits per heavy atom. The van der Waals surface area contributed by atoms with Gasteiger partial charge in [0.05, 0.1) is 11.6 Å². The molecule has 0 amide bonds. The third-order valence-electron chi connectivity index (χ3n) is 3.53. The van der Waals surface area contributed by atoms with Gasteiger partial charge >= 0.3 is 0 Å². The molecule has 3 nitrogen and oxygen atoms in total. The zero-order valence-electron chi connectivity index (χ0n) is 12.1. The van der Waals surface area contributed by atoms with Gasteiger partial charge in [0, 0.05) is 24.4 Å². The van der Waals surface area contributed by atoms with Gasteiger partial charge in [-0.25, -0.2) is 0 Å². The Labute approximate surface area is 115 Å². The van der Waals surface area contributed by atoms with Gasteiger partial charge in [-0.1, -0.05) is 18.2 Å². The molecule has 0 saturated carbocycles. The largest absolute Gasteiger partial charge is 0.374 e. The molecule has 0 saturated heterocycles. The second-order valence-corrected chi connectivity index (χ2v) is 5.20. The highest BCUT2D eigenvalue weighted by atomic mass is 16.5. The van der Waals surface area contributed by atoms with Crippen molar-refractivity contribution in [2.45, 2.75) is 32.4 Å². The smallest absolute Gasteiger partial charge is 0.0820 e. The maximum absolute atomic E-state index is 5.91. The summed E-state index contributed by atoms with van der Waals surface area (Å²) in [5.74, 6) is 0. The molecule has 0 aliphatic heterocycles. The molecule has 0 aliphatic rings. The number of likely N-dealkylation sites (N-methyl/N-ethyl adjacent to an activating group) is 1.